The highest BCUT2D eigenvalue weighted by molar-refractivity contribution is 7.99. The molecular weight excluding hydrogens is 226 g/mol. The number of hydrogen-bond donors (Lipinski definition) is 0. The largest absolute Gasteiger partial charge is 0.338 e. The summed E-state index contributed by atoms with van der Waals surface area (Å²) in [5, 5.41) is 12.8. The van der Waals surface area contributed by atoms with Crippen molar-refractivity contribution in [3.63, 3.8) is 0 Å². The van der Waals surface area contributed by atoms with Crippen molar-refractivity contribution in [1.29, 1.82) is 0 Å². The summed E-state index contributed by atoms with van der Waals surface area (Å²) in [4.78, 5) is 4.19. The molecule has 0 radical (unpaired) electrons. The van der Waals surface area contributed by atoms with E-state index >= 15 is 0 Å². The van der Waals surface area contributed by atoms with E-state index in [1.807, 2.05) is 25.5 Å². The van der Waals surface area contributed by atoms with E-state index in [1.54, 1.807) is 18.7 Å². The molecule has 6 nitrogen and oxygen atoms in total. The second-order valence-electron chi connectivity index (χ2n) is 3.53. The van der Waals surface area contributed by atoms with Gasteiger partial charge in [-0.05, 0) is 20.8 Å². The Hall–Kier alpha value is -1.37. The summed E-state index contributed by atoms with van der Waals surface area (Å²) in [6.07, 6.45) is 0. The van der Waals surface area contributed by atoms with Crippen LogP contribution in [-0.4, -0.2) is 24.9 Å². The molecule has 0 aliphatic carbocycles. The van der Waals surface area contributed by atoms with Gasteiger partial charge >= 0.3 is 0 Å². The zero-order valence-corrected chi connectivity index (χ0v) is 10.4. The van der Waals surface area contributed by atoms with Crippen LogP contribution in [0.3, 0.4) is 0 Å². The highest BCUT2D eigenvalue weighted by Crippen LogP contribution is 2.32. The molecule has 16 heavy (non-hydrogen) atoms. The number of thioether (sulfide) groups is 1. The van der Waals surface area contributed by atoms with Gasteiger partial charge in [-0.2, -0.15) is 4.98 Å². The monoisotopic (exact) mass is 239 g/mol. The fourth-order valence-electron chi connectivity index (χ4n) is 1.18. The molecule has 0 aliphatic heterocycles. The van der Waals surface area contributed by atoms with Gasteiger partial charge in [-0.3, -0.25) is 0 Å². The van der Waals surface area contributed by atoms with E-state index in [0.29, 0.717) is 11.7 Å². The minimum Gasteiger partial charge on any atom is -0.338 e. The van der Waals surface area contributed by atoms with Gasteiger partial charge in [0.05, 0.1) is 5.25 Å². The maximum absolute atomic E-state index is 5.11. The first kappa shape index (κ1) is 11.1. The van der Waals surface area contributed by atoms with E-state index in [4.69, 9.17) is 4.52 Å². The van der Waals surface area contributed by atoms with Crippen LogP contribution in [0.4, 0.5) is 0 Å². The Morgan fingerprint density at radius 2 is 2.06 bits per heavy atom. The summed E-state index contributed by atoms with van der Waals surface area (Å²) >= 11 is 1.55. The normalized spacial score (nSPS) is 13.0. The number of aryl methyl sites for hydroxylation is 2. The first-order valence-electron chi connectivity index (χ1n) is 4.91. The van der Waals surface area contributed by atoms with Crippen LogP contribution in [-0.2, 0) is 7.05 Å². The average molecular weight is 239 g/mol. The van der Waals surface area contributed by atoms with Gasteiger partial charge < -0.3 is 9.09 Å². The van der Waals surface area contributed by atoms with Gasteiger partial charge in [0.1, 0.15) is 5.82 Å². The molecule has 0 amide bonds. The number of rotatable bonds is 3. The molecule has 7 heteroatoms. The predicted molar refractivity (Wildman–Crippen MR) is 59.0 cm³/mol. The molecule has 86 valence electrons. The Labute approximate surface area is 97.4 Å². The second-order valence-corrected chi connectivity index (χ2v) is 4.84. The van der Waals surface area contributed by atoms with Crippen LogP contribution in [0.1, 0.15) is 29.7 Å². The zero-order valence-electron chi connectivity index (χ0n) is 9.63. The number of hydrogen-bond acceptors (Lipinski definition) is 6. The maximum Gasteiger partial charge on any atom is 0.239 e. The lowest BCUT2D eigenvalue weighted by Gasteiger charge is -2.05. The summed E-state index contributed by atoms with van der Waals surface area (Å²) in [5.41, 5.74) is 0. The molecule has 1 atom stereocenters. The van der Waals surface area contributed by atoms with E-state index in [0.717, 1.165) is 11.0 Å². The smallest absolute Gasteiger partial charge is 0.239 e. The maximum atomic E-state index is 5.11. The van der Waals surface area contributed by atoms with E-state index < -0.39 is 0 Å². The molecule has 2 heterocycles. The molecule has 2 aromatic rings. The second kappa shape index (κ2) is 4.25. The van der Waals surface area contributed by atoms with Crippen LogP contribution in [0.5, 0.6) is 0 Å². The van der Waals surface area contributed by atoms with E-state index in [1.165, 1.54) is 0 Å². The first-order valence-corrected chi connectivity index (χ1v) is 5.78. The van der Waals surface area contributed by atoms with E-state index in [9.17, 15) is 0 Å². The summed E-state index contributed by atoms with van der Waals surface area (Å²) in [7, 11) is 1.93. The van der Waals surface area contributed by atoms with Crippen molar-refractivity contribution < 1.29 is 4.52 Å². The van der Waals surface area contributed by atoms with Gasteiger partial charge in [-0.15, -0.1) is 10.2 Å². The molecule has 0 aromatic carbocycles. The molecule has 0 bridgehead atoms. The minimum atomic E-state index is 0.0727. The molecule has 0 spiro atoms. The lowest BCUT2D eigenvalue weighted by Crippen LogP contribution is -1.96. The topological polar surface area (TPSA) is 69.6 Å². The van der Waals surface area contributed by atoms with Crippen molar-refractivity contribution in [3.05, 3.63) is 17.5 Å². The van der Waals surface area contributed by atoms with Crippen LogP contribution in [0.2, 0.25) is 0 Å². The van der Waals surface area contributed by atoms with Crippen molar-refractivity contribution in [2.75, 3.05) is 0 Å². The number of aromatic nitrogens is 5. The van der Waals surface area contributed by atoms with Crippen LogP contribution in [0.15, 0.2) is 9.68 Å². The minimum absolute atomic E-state index is 0.0727. The standard InChI is InChI=1S/C9H13N5OS/c1-5(8-10-6(2)13-15-8)16-9-12-11-7(3)14(9)4/h5H,1-4H3/t5-/m0/s1. The number of nitrogens with zero attached hydrogens (tertiary/aromatic N) is 5. The molecule has 0 saturated heterocycles. The third-order valence-electron chi connectivity index (χ3n) is 2.23. The highest BCUT2D eigenvalue weighted by Gasteiger charge is 2.17. The molecular formula is C9H13N5OS. The van der Waals surface area contributed by atoms with Crippen molar-refractivity contribution in [2.45, 2.75) is 31.2 Å². The Morgan fingerprint density at radius 3 is 2.56 bits per heavy atom. The third kappa shape index (κ3) is 2.08. The molecule has 2 aromatic heterocycles. The van der Waals surface area contributed by atoms with Crippen molar-refractivity contribution in [2.24, 2.45) is 7.05 Å². The van der Waals surface area contributed by atoms with Gasteiger partial charge in [0.2, 0.25) is 5.89 Å². The fraction of sp³-hybridized carbons (Fsp3) is 0.556. The fourth-order valence-corrected chi connectivity index (χ4v) is 2.07. The lowest BCUT2D eigenvalue weighted by molar-refractivity contribution is 0.376. The molecule has 0 saturated carbocycles. The van der Waals surface area contributed by atoms with Gasteiger partial charge in [-0.25, -0.2) is 0 Å². The van der Waals surface area contributed by atoms with E-state index in [2.05, 4.69) is 20.3 Å². The highest BCUT2D eigenvalue weighted by atomic mass is 32.2. The third-order valence-corrected chi connectivity index (χ3v) is 3.35. The first-order chi connectivity index (χ1) is 7.58. The average Bonchev–Trinajstić information content (AvgIpc) is 2.79. The van der Waals surface area contributed by atoms with Crippen LogP contribution in [0.25, 0.3) is 0 Å². The van der Waals surface area contributed by atoms with Crippen LogP contribution >= 0.6 is 11.8 Å². The predicted octanol–water partition coefficient (Wildman–Crippen LogP) is 1.67. The molecule has 0 unspecified atom stereocenters. The van der Waals surface area contributed by atoms with Gasteiger partial charge in [0, 0.05) is 7.05 Å². The van der Waals surface area contributed by atoms with Crippen LogP contribution < -0.4 is 0 Å². The Bertz CT molecular complexity index is 492. The van der Waals surface area contributed by atoms with Crippen LogP contribution in [0, 0.1) is 13.8 Å². The Morgan fingerprint density at radius 1 is 1.31 bits per heavy atom. The molecule has 0 aliphatic rings. The molecule has 0 fully saturated rings. The van der Waals surface area contributed by atoms with Gasteiger partial charge in [-0.1, -0.05) is 16.9 Å². The lowest BCUT2D eigenvalue weighted by atomic mass is 10.5. The Kier molecular flexibility index (Phi) is 2.95. The van der Waals surface area contributed by atoms with Crippen molar-refractivity contribution in [3.8, 4) is 0 Å². The summed E-state index contributed by atoms with van der Waals surface area (Å²) < 4.78 is 7.04. The van der Waals surface area contributed by atoms with Crippen molar-refractivity contribution >= 4 is 11.8 Å². The Balaban J connectivity index is 2.13. The van der Waals surface area contributed by atoms with Crippen molar-refractivity contribution in [1.82, 2.24) is 24.9 Å². The van der Waals surface area contributed by atoms with E-state index in [-0.39, 0.29) is 5.25 Å². The van der Waals surface area contributed by atoms with Gasteiger partial charge in [0.15, 0.2) is 11.0 Å². The van der Waals surface area contributed by atoms with Gasteiger partial charge in [0.25, 0.3) is 0 Å². The summed E-state index contributed by atoms with van der Waals surface area (Å²) in [5.74, 6) is 2.15. The summed E-state index contributed by atoms with van der Waals surface area (Å²) in [6.45, 7) is 5.72. The quantitative estimate of drug-likeness (QED) is 0.759. The molecule has 2 rings (SSSR count). The molecule has 0 N–H and O–H groups in total. The SMILES string of the molecule is Cc1noc([C@H](C)Sc2nnc(C)n2C)n1. The summed E-state index contributed by atoms with van der Waals surface area (Å²) in [6, 6.07) is 0. The zero-order chi connectivity index (χ0) is 11.7.